The van der Waals surface area contributed by atoms with Crippen molar-refractivity contribution in [2.75, 3.05) is 20.1 Å². The van der Waals surface area contributed by atoms with Crippen LogP contribution < -0.4 is 0 Å². The molecule has 1 amide bonds. The summed E-state index contributed by atoms with van der Waals surface area (Å²) in [4.78, 5) is 15.2. The van der Waals surface area contributed by atoms with E-state index < -0.39 is 16.1 Å². The van der Waals surface area contributed by atoms with E-state index in [1.54, 1.807) is 29.2 Å². The van der Waals surface area contributed by atoms with Crippen molar-refractivity contribution in [1.82, 2.24) is 9.21 Å². The maximum Gasteiger partial charge on any atom is 0.243 e. The third kappa shape index (κ3) is 4.62. The molecule has 1 unspecified atom stereocenters. The number of nitrogens with zero attached hydrogens (tertiary/aromatic N) is 2. The number of likely N-dealkylation sites (N-methyl/N-ethyl adjacent to an activating group) is 1. The first-order valence-electron chi connectivity index (χ1n) is 9.77. The van der Waals surface area contributed by atoms with Crippen molar-refractivity contribution in [2.24, 2.45) is 0 Å². The number of hydrogen-bond donors (Lipinski definition) is 0. The Hall–Kier alpha value is -2.18. The molecular weight excluding hydrogens is 372 g/mol. The predicted octanol–water partition coefficient (Wildman–Crippen LogP) is 3.24. The van der Waals surface area contributed by atoms with E-state index in [-0.39, 0.29) is 10.8 Å². The van der Waals surface area contributed by atoms with Crippen LogP contribution in [0.15, 0.2) is 59.5 Å². The largest absolute Gasteiger partial charge is 0.341 e. The molecule has 0 aliphatic carbocycles. The van der Waals surface area contributed by atoms with Gasteiger partial charge in [-0.15, -0.1) is 0 Å². The highest BCUT2D eigenvalue weighted by molar-refractivity contribution is 7.89. The van der Waals surface area contributed by atoms with Crippen LogP contribution in [0.25, 0.3) is 0 Å². The fourth-order valence-corrected chi connectivity index (χ4v) is 4.94. The molecule has 3 rings (SSSR count). The average molecular weight is 401 g/mol. The van der Waals surface area contributed by atoms with Crippen molar-refractivity contribution in [2.45, 2.75) is 43.5 Å². The van der Waals surface area contributed by atoms with Gasteiger partial charge in [0, 0.05) is 20.1 Å². The Morgan fingerprint density at radius 2 is 1.64 bits per heavy atom. The molecule has 0 saturated carbocycles. The van der Waals surface area contributed by atoms with Crippen LogP contribution in [-0.4, -0.2) is 49.7 Å². The Kier molecular flexibility index (Phi) is 6.52. The molecule has 0 aromatic heterocycles. The molecule has 1 saturated heterocycles. The minimum atomic E-state index is -3.75. The average Bonchev–Trinajstić information content (AvgIpc) is 3.24. The topological polar surface area (TPSA) is 57.7 Å². The molecular formula is C22H28N2O3S. The maximum atomic E-state index is 13.2. The van der Waals surface area contributed by atoms with Crippen molar-refractivity contribution in [3.8, 4) is 0 Å². The zero-order chi connectivity index (χ0) is 20.1. The van der Waals surface area contributed by atoms with Crippen molar-refractivity contribution in [3.05, 3.63) is 65.7 Å². The van der Waals surface area contributed by atoms with Gasteiger partial charge in [0.1, 0.15) is 6.04 Å². The molecule has 0 spiro atoms. The molecule has 1 atom stereocenters. The second-order valence-corrected chi connectivity index (χ2v) is 9.40. The monoisotopic (exact) mass is 400 g/mol. The molecule has 28 heavy (non-hydrogen) atoms. The lowest BCUT2D eigenvalue weighted by atomic mass is 10.0. The summed E-state index contributed by atoms with van der Waals surface area (Å²) < 4.78 is 27.6. The van der Waals surface area contributed by atoms with Crippen molar-refractivity contribution < 1.29 is 13.2 Å². The number of amides is 1. The minimum absolute atomic E-state index is 0.0911. The Bertz CT molecular complexity index is 889. The number of carbonyl (C=O) groups excluding carboxylic acids is 1. The molecule has 1 aliphatic rings. The van der Waals surface area contributed by atoms with Gasteiger partial charge in [-0.2, -0.15) is 4.31 Å². The van der Waals surface area contributed by atoms with E-state index in [1.165, 1.54) is 11.4 Å². The molecule has 2 aromatic carbocycles. The summed E-state index contributed by atoms with van der Waals surface area (Å²) in [6.07, 6.45) is 3.07. The standard InChI is InChI=1S/C22H28N2O3S/c1-18-10-13-20(14-11-18)28(26,27)23(2)21(22(25)24-16-6-7-17-24)15-12-19-8-4-3-5-9-19/h3-5,8-11,13-14,21H,6-7,12,15-17H2,1-2H3. The van der Waals surface area contributed by atoms with E-state index in [9.17, 15) is 13.2 Å². The Balaban J connectivity index is 1.85. The van der Waals surface area contributed by atoms with Crippen LogP contribution in [0.5, 0.6) is 0 Å². The van der Waals surface area contributed by atoms with E-state index >= 15 is 0 Å². The second-order valence-electron chi connectivity index (χ2n) is 7.41. The van der Waals surface area contributed by atoms with E-state index in [2.05, 4.69) is 0 Å². The Morgan fingerprint density at radius 3 is 2.25 bits per heavy atom. The lowest BCUT2D eigenvalue weighted by molar-refractivity contribution is -0.134. The molecule has 2 aromatic rings. The molecule has 5 nitrogen and oxygen atoms in total. The summed E-state index contributed by atoms with van der Waals surface area (Å²) in [5.41, 5.74) is 2.10. The quantitative estimate of drug-likeness (QED) is 0.717. The number of benzene rings is 2. The highest BCUT2D eigenvalue weighted by Gasteiger charge is 2.35. The van der Waals surface area contributed by atoms with Gasteiger partial charge in [-0.25, -0.2) is 8.42 Å². The van der Waals surface area contributed by atoms with Gasteiger partial charge in [-0.3, -0.25) is 4.79 Å². The van der Waals surface area contributed by atoms with E-state index in [1.807, 2.05) is 37.3 Å². The fourth-order valence-electron chi connectivity index (χ4n) is 3.60. The van der Waals surface area contributed by atoms with Gasteiger partial charge in [-0.05, 0) is 50.3 Å². The number of likely N-dealkylation sites (tertiary alicyclic amines) is 1. The lowest BCUT2D eigenvalue weighted by Gasteiger charge is -2.30. The first-order valence-corrected chi connectivity index (χ1v) is 11.2. The third-order valence-corrected chi connectivity index (χ3v) is 7.27. The van der Waals surface area contributed by atoms with Crippen LogP contribution in [-0.2, 0) is 21.2 Å². The van der Waals surface area contributed by atoms with Crippen LogP contribution in [0, 0.1) is 6.92 Å². The van der Waals surface area contributed by atoms with Crippen LogP contribution in [0.4, 0.5) is 0 Å². The number of hydrogen-bond acceptors (Lipinski definition) is 3. The first-order chi connectivity index (χ1) is 13.4. The van der Waals surface area contributed by atoms with E-state index in [4.69, 9.17) is 0 Å². The SMILES string of the molecule is Cc1ccc(S(=O)(=O)N(C)C(CCc2ccccc2)C(=O)N2CCCC2)cc1. The maximum absolute atomic E-state index is 13.2. The summed E-state index contributed by atoms with van der Waals surface area (Å²) in [6.45, 7) is 3.33. The third-order valence-electron chi connectivity index (χ3n) is 5.39. The number of rotatable bonds is 7. The van der Waals surface area contributed by atoms with Gasteiger partial charge < -0.3 is 4.90 Å². The fraction of sp³-hybridized carbons (Fsp3) is 0.409. The van der Waals surface area contributed by atoms with Gasteiger partial charge in [0.15, 0.2) is 0 Å². The van der Waals surface area contributed by atoms with Gasteiger partial charge in [0.05, 0.1) is 4.90 Å². The van der Waals surface area contributed by atoms with Crippen LogP contribution in [0.1, 0.15) is 30.4 Å². The zero-order valence-corrected chi connectivity index (χ0v) is 17.4. The number of aryl methyl sites for hydroxylation is 2. The Labute approximate surface area is 168 Å². The molecule has 1 heterocycles. The Morgan fingerprint density at radius 1 is 1.04 bits per heavy atom. The first kappa shape index (κ1) is 20.6. The van der Waals surface area contributed by atoms with Gasteiger partial charge >= 0.3 is 0 Å². The summed E-state index contributed by atoms with van der Waals surface area (Å²) >= 11 is 0. The predicted molar refractivity (Wildman–Crippen MR) is 110 cm³/mol. The van der Waals surface area contributed by atoms with Gasteiger partial charge in [-0.1, -0.05) is 48.0 Å². The molecule has 0 bridgehead atoms. The smallest absolute Gasteiger partial charge is 0.243 e. The van der Waals surface area contributed by atoms with E-state index in [0.29, 0.717) is 25.9 Å². The molecule has 150 valence electrons. The minimum Gasteiger partial charge on any atom is -0.341 e. The normalized spacial score (nSPS) is 15.8. The molecule has 6 heteroatoms. The zero-order valence-electron chi connectivity index (χ0n) is 16.5. The van der Waals surface area contributed by atoms with Crippen LogP contribution in [0.3, 0.4) is 0 Å². The molecule has 1 fully saturated rings. The molecule has 0 N–H and O–H groups in total. The summed E-state index contributed by atoms with van der Waals surface area (Å²) in [7, 11) is -2.22. The number of carbonyl (C=O) groups is 1. The highest BCUT2D eigenvalue weighted by Crippen LogP contribution is 2.22. The molecule has 0 radical (unpaired) electrons. The van der Waals surface area contributed by atoms with Crippen LogP contribution >= 0.6 is 0 Å². The van der Waals surface area contributed by atoms with E-state index in [0.717, 1.165) is 24.0 Å². The summed E-state index contributed by atoms with van der Waals surface area (Å²) in [6, 6.07) is 15.9. The van der Waals surface area contributed by atoms with Crippen LogP contribution in [0.2, 0.25) is 0 Å². The molecule has 1 aliphatic heterocycles. The second kappa shape index (κ2) is 8.88. The van der Waals surface area contributed by atoms with Crippen molar-refractivity contribution in [1.29, 1.82) is 0 Å². The van der Waals surface area contributed by atoms with Gasteiger partial charge in [0.2, 0.25) is 15.9 Å². The lowest BCUT2D eigenvalue weighted by Crippen LogP contribution is -2.48. The summed E-state index contributed by atoms with van der Waals surface area (Å²) in [5.74, 6) is -0.0911. The van der Waals surface area contributed by atoms with Gasteiger partial charge in [0.25, 0.3) is 0 Å². The van der Waals surface area contributed by atoms with Crippen molar-refractivity contribution in [3.63, 3.8) is 0 Å². The highest BCUT2D eigenvalue weighted by atomic mass is 32.2. The summed E-state index contributed by atoms with van der Waals surface area (Å²) in [5, 5.41) is 0. The number of sulfonamides is 1. The van der Waals surface area contributed by atoms with Crippen molar-refractivity contribution >= 4 is 15.9 Å².